The van der Waals surface area contributed by atoms with Gasteiger partial charge in [-0.3, -0.25) is 4.79 Å². The molecule has 5 N–H and O–H groups in total. The zero-order valence-electron chi connectivity index (χ0n) is 16.4. The Morgan fingerprint density at radius 2 is 1.67 bits per heavy atom. The van der Waals surface area contributed by atoms with Gasteiger partial charge in [-0.1, -0.05) is 57.0 Å². The summed E-state index contributed by atoms with van der Waals surface area (Å²) in [5.74, 6) is -0.590. The van der Waals surface area contributed by atoms with E-state index in [0.29, 0.717) is 31.2 Å². The molecule has 1 atom stereocenters. The van der Waals surface area contributed by atoms with E-state index in [2.05, 4.69) is 5.32 Å². The Hall–Kier alpha value is -1.21. The van der Waals surface area contributed by atoms with Crippen molar-refractivity contribution in [2.24, 2.45) is 11.5 Å². The molecule has 27 heavy (non-hydrogen) atoms. The molecule has 1 aliphatic rings. The van der Waals surface area contributed by atoms with Crippen LogP contribution in [0.25, 0.3) is 0 Å². The average molecular weight is 404 g/mol. The lowest BCUT2D eigenvalue weighted by atomic mass is 10.0. The number of nitrogens with one attached hydrogen (secondary N) is 1. The van der Waals surface area contributed by atoms with E-state index in [4.69, 9.17) is 27.8 Å². The van der Waals surface area contributed by atoms with Crippen LogP contribution < -0.4 is 16.8 Å². The Morgan fingerprint density at radius 1 is 1.15 bits per heavy atom. The zero-order valence-corrected chi connectivity index (χ0v) is 17.1. The maximum Gasteiger partial charge on any atom is 0.234 e. The van der Waals surface area contributed by atoms with E-state index >= 15 is 0 Å². The Kier molecular flexibility index (Phi) is 17.4. The van der Waals surface area contributed by atoms with Gasteiger partial charge in [-0.25, -0.2) is 4.39 Å². The van der Waals surface area contributed by atoms with Gasteiger partial charge in [-0.05, 0) is 37.2 Å². The monoisotopic (exact) mass is 403 g/mol. The highest BCUT2D eigenvalue weighted by Gasteiger charge is 2.12. The molecular formula is C20H35ClFN3O2. The normalized spacial score (nSPS) is 14.2. The molecule has 5 nitrogen and oxygen atoms in total. The van der Waals surface area contributed by atoms with E-state index in [1.807, 2.05) is 6.92 Å². The van der Waals surface area contributed by atoms with Crippen LogP contribution in [-0.2, 0) is 9.53 Å². The van der Waals surface area contributed by atoms with Crippen molar-refractivity contribution in [1.82, 2.24) is 5.32 Å². The van der Waals surface area contributed by atoms with Gasteiger partial charge in [-0.2, -0.15) is 0 Å². The van der Waals surface area contributed by atoms with Crippen LogP contribution in [0.5, 0.6) is 0 Å². The summed E-state index contributed by atoms with van der Waals surface area (Å²) in [6.07, 6.45) is 9.60. The smallest absolute Gasteiger partial charge is 0.234 e. The highest BCUT2D eigenvalue weighted by atomic mass is 35.5. The van der Waals surface area contributed by atoms with Crippen molar-refractivity contribution in [3.05, 3.63) is 35.1 Å². The maximum absolute atomic E-state index is 12.0. The fourth-order valence-corrected chi connectivity index (χ4v) is 2.59. The Labute approximate surface area is 168 Å². The number of rotatable bonds is 8. The molecule has 0 heterocycles. The van der Waals surface area contributed by atoms with Crippen LogP contribution in [-0.4, -0.2) is 38.3 Å². The summed E-state index contributed by atoms with van der Waals surface area (Å²) < 4.78 is 17.2. The minimum atomic E-state index is -0.335. The molecule has 0 aromatic heterocycles. The first kappa shape index (κ1) is 25.8. The maximum atomic E-state index is 12.0. The van der Waals surface area contributed by atoms with Crippen molar-refractivity contribution in [1.29, 1.82) is 0 Å². The molecule has 0 saturated heterocycles. The quantitative estimate of drug-likeness (QED) is 0.578. The summed E-state index contributed by atoms with van der Waals surface area (Å²) in [7, 11) is 0. The van der Waals surface area contributed by atoms with Crippen LogP contribution in [0.1, 0.15) is 51.9 Å². The van der Waals surface area contributed by atoms with Gasteiger partial charge in [0.05, 0.1) is 12.6 Å². The molecule has 1 aliphatic carbocycles. The second-order valence-corrected chi connectivity index (χ2v) is 6.70. The second-order valence-electron chi connectivity index (χ2n) is 6.26. The number of hydrogen-bond acceptors (Lipinski definition) is 4. The zero-order chi connectivity index (χ0) is 20.3. The van der Waals surface area contributed by atoms with Crippen molar-refractivity contribution < 1.29 is 13.9 Å². The lowest BCUT2D eigenvalue weighted by Crippen LogP contribution is -2.41. The van der Waals surface area contributed by atoms with Gasteiger partial charge < -0.3 is 21.5 Å². The molecule has 1 saturated carbocycles. The van der Waals surface area contributed by atoms with Crippen molar-refractivity contribution >= 4 is 17.5 Å². The summed E-state index contributed by atoms with van der Waals surface area (Å²) in [5.41, 5.74) is 10.4. The number of likely N-dealkylation sites (N-methyl/N-ethyl adjacent to an activating group) is 1. The predicted octanol–water partition coefficient (Wildman–Crippen LogP) is 3.63. The lowest BCUT2D eigenvalue weighted by molar-refractivity contribution is -0.120. The summed E-state index contributed by atoms with van der Waals surface area (Å²) >= 11 is 5.44. The molecule has 156 valence electrons. The third-order valence-electron chi connectivity index (χ3n) is 3.91. The van der Waals surface area contributed by atoms with E-state index in [-0.39, 0.29) is 17.8 Å². The molecule has 2 rings (SSSR count). The molecule has 0 radical (unpaired) electrons. The number of benzene rings is 1. The molecule has 0 spiro atoms. The second kappa shape index (κ2) is 18.2. The Morgan fingerprint density at radius 3 is 2.04 bits per heavy atom. The van der Waals surface area contributed by atoms with E-state index in [1.165, 1.54) is 62.8 Å². The third kappa shape index (κ3) is 16.7. The van der Waals surface area contributed by atoms with Crippen LogP contribution >= 0.6 is 11.6 Å². The lowest BCUT2D eigenvalue weighted by Gasteiger charge is -2.13. The first-order valence-electron chi connectivity index (χ1n) is 9.72. The molecule has 0 aliphatic heterocycles. The number of hydrogen-bond donors (Lipinski definition) is 3. The fraction of sp³-hybridized carbons (Fsp3) is 0.650. The van der Waals surface area contributed by atoms with Crippen LogP contribution in [0.4, 0.5) is 4.39 Å². The first-order chi connectivity index (χ1) is 13.0. The van der Waals surface area contributed by atoms with Crippen molar-refractivity contribution in [2.45, 2.75) is 57.9 Å². The van der Waals surface area contributed by atoms with Crippen molar-refractivity contribution in [3.8, 4) is 0 Å². The van der Waals surface area contributed by atoms with Gasteiger partial charge in [-0.15, -0.1) is 0 Å². The molecule has 1 fully saturated rings. The van der Waals surface area contributed by atoms with E-state index in [0.717, 1.165) is 6.54 Å². The molecule has 0 bridgehead atoms. The van der Waals surface area contributed by atoms with Crippen LogP contribution in [0.3, 0.4) is 0 Å². The van der Waals surface area contributed by atoms with Gasteiger partial charge in [0.25, 0.3) is 0 Å². The predicted molar refractivity (Wildman–Crippen MR) is 110 cm³/mol. The van der Waals surface area contributed by atoms with Gasteiger partial charge >= 0.3 is 0 Å². The molecule has 1 aromatic carbocycles. The summed E-state index contributed by atoms with van der Waals surface area (Å²) in [6, 6.07) is 5.38. The van der Waals surface area contributed by atoms with E-state index in [1.54, 1.807) is 0 Å². The van der Waals surface area contributed by atoms with Gasteiger partial charge in [0.15, 0.2) is 0 Å². The van der Waals surface area contributed by atoms with Crippen molar-refractivity contribution in [3.63, 3.8) is 0 Å². The Bertz CT molecular complexity index is 438. The summed E-state index contributed by atoms with van der Waals surface area (Å²) in [6.45, 7) is 4.19. The van der Waals surface area contributed by atoms with Gasteiger partial charge in [0.2, 0.25) is 5.91 Å². The summed E-state index contributed by atoms with van der Waals surface area (Å²) in [4.78, 5) is 10.8. The number of nitrogens with two attached hydrogens (primary N) is 2. The van der Waals surface area contributed by atoms with Gasteiger partial charge in [0.1, 0.15) is 5.82 Å². The standard InChI is InChI=1S/C8H19N3O2.C6H4ClF.C6H12/c1-2-11-7(8(10)12)3-5-13-6-4-9;7-5-1-3-6(8)4-2-5;1-2-4-6-5-3-1/h7,11H,2-6,9H2,1H3,(H2,10,12);1-4H;1-6H2. The number of carbonyl (C=O) groups excluding carboxylic acids is 1. The largest absolute Gasteiger partial charge is 0.380 e. The first-order valence-corrected chi connectivity index (χ1v) is 10.1. The Balaban J connectivity index is 0.000000407. The molecule has 1 unspecified atom stereocenters. The minimum absolute atomic E-state index is 0.255. The SMILES string of the molecule is C1CCCCC1.CCNC(CCOCCN)C(N)=O.Fc1ccc(Cl)cc1. The highest BCUT2D eigenvalue weighted by molar-refractivity contribution is 6.30. The number of amides is 1. The van der Waals surface area contributed by atoms with Crippen LogP contribution in [0.2, 0.25) is 5.02 Å². The number of primary amides is 1. The number of ether oxygens (including phenoxy) is 1. The molecular weight excluding hydrogens is 369 g/mol. The highest BCUT2D eigenvalue weighted by Crippen LogP contribution is 2.15. The van der Waals surface area contributed by atoms with Crippen LogP contribution in [0.15, 0.2) is 24.3 Å². The number of halogens is 2. The van der Waals surface area contributed by atoms with Gasteiger partial charge in [0, 0.05) is 18.2 Å². The third-order valence-corrected chi connectivity index (χ3v) is 4.16. The average Bonchev–Trinajstić information content (AvgIpc) is 2.69. The topological polar surface area (TPSA) is 90.4 Å². The van der Waals surface area contributed by atoms with Crippen molar-refractivity contribution in [2.75, 3.05) is 26.3 Å². The fourth-order valence-electron chi connectivity index (χ4n) is 2.47. The van der Waals surface area contributed by atoms with Crippen LogP contribution in [0, 0.1) is 5.82 Å². The molecule has 1 amide bonds. The molecule has 7 heteroatoms. The molecule has 1 aromatic rings. The summed E-state index contributed by atoms with van der Waals surface area (Å²) in [5, 5.41) is 3.53. The van der Waals surface area contributed by atoms with E-state index in [9.17, 15) is 9.18 Å². The number of carbonyl (C=O) groups is 1. The minimum Gasteiger partial charge on any atom is -0.380 e. The van der Waals surface area contributed by atoms with E-state index < -0.39 is 0 Å².